The minimum atomic E-state index is -3.28. The molecule has 2 aliphatic heterocycles. The van der Waals surface area contributed by atoms with Crippen LogP contribution in [0.15, 0.2) is 12.4 Å². The first-order valence-electron chi connectivity index (χ1n) is 8.59. The van der Waals surface area contributed by atoms with Crippen LogP contribution in [0, 0.1) is 5.92 Å². The molecule has 1 fully saturated rings. The van der Waals surface area contributed by atoms with E-state index < -0.39 is 10.0 Å². The SMILES string of the molecule is COC(=O)C1CCCN(C(=O)c2cncc3c2CCN(S(C)(=O)=O)C3)C1. The lowest BCUT2D eigenvalue weighted by Gasteiger charge is -2.33. The number of sulfonamides is 1. The molecule has 0 aromatic carbocycles. The third-order valence-corrected chi connectivity index (χ3v) is 6.30. The van der Waals surface area contributed by atoms with Crippen LogP contribution in [-0.4, -0.2) is 67.5 Å². The van der Waals surface area contributed by atoms with Gasteiger partial charge in [-0.1, -0.05) is 0 Å². The van der Waals surface area contributed by atoms with Crippen LogP contribution in [0.3, 0.4) is 0 Å². The Balaban J connectivity index is 1.82. The predicted octanol–water partition coefficient (Wildman–Crippen LogP) is 0.425. The Morgan fingerprint density at radius 2 is 2.04 bits per heavy atom. The molecule has 1 amide bonds. The minimum absolute atomic E-state index is 0.157. The Hall–Kier alpha value is -2.00. The standard InChI is InChI=1S/C17H23N3O5S/c1-25-17(22)12-4-3-6-19(10-12)16(21)15-9-18-8-13-11-20(26(2,23)24)7-5-14(13)15/h8-9,12H,3-7,10-11H2,1-2H3. The second kappa shape index (κ2) is 7.32. The molecule has 0 aliphatic carbocycles. The normalized spacial score (nSPS) is 21.2. The molecule has 1 saturated heterocycles. The lowest BCUT2D eigenvalue weighted by atomic mass is 9.94. The van der Waals surface area contributed by atoms with Gasteiger partial charge in [-0.05, 0) is 30.4 Å². The maximum absolute atomic E-state index is 13.0. The zero-order valence-electron chi connectivity index (χ0n) is 15.0. The molecule has 26 heavy (non-hydrogen) atoms. The predicted molar refractivity (Wildman–Crippen MR) is 93.8 cm³/mol. The highest BCUT2D eigenvalue weighted by Gasteiger charge is 2.32. The van der Waals surface area contributed by atoms with Crippen LogP contribution in [-0.2, 0) is 32.5 Å². The molecule has 1 atom stereocenters. The van der Waals surface area contributed by atoms with E-state index in [1.165, 1.54) is 17.7 Å². The number of carbonyl (C=O) groups excluding carboxylic acids is 2. The molecule has 9 heteroatoms. The first-order valence-corrected chi connectivity index (χ1v) is 10.4. The highest BCUT2D eigenvalue weighted by Crippen LogP contribution is 2.26. The number of piperidine rings is 1. The van der Waals surface area contributed by atoms with Crippen molar-refractivity contribution in [2.75, 3.05) is 33.0 Å². The van der Waals surface area contributed by atoms with Crippen molar-refractivity contribution < 1.29 is 22.7 Å². The van der Waals surface area contributed by atoms with E-state index in [0.29, 0.717) is 38.0 Å². The van der Waals surface area contributed by atoms with Gasteiger partial charge >= 0.3 is 5.97 Å². The molecule has 2 aliphatic rings. The largest absolute Gasteiger partial charge is 0.469 e. The van der Waals surface area contributed by atoms with Crippen LogP contribution >= 0.6 is 0 Å². The number of aromatic nitrogens is 1. The fourth-order valence-electron chi connectivity index (χ4n) is 3.63. The van der Waals surface area contributed by atoms with Crippen molar-refractivity contribution in [3.05, 3.63) is 29.1 Å². The summed E-state index contributed by atoms with van der Waals surface area (Å²) in [5.74, 6) is -0.749. The summed E-state index contributed by atoms with van der Waals surface area (Å²) in [6.07, 6.45) is 6.28. The number of esters is 1. The van der Waals surface area contributed by atoms with Crippen molar-refractivity contribution in [3.63, 3.8) is 0 Å². The number of hydrogen-bond acceptors (Lipinski definition) is 6. The van der Waals surface area contributed by atoms with Crippen molar-refractivity contribution in [2.24, 2.45) is 5.92 Å². The summed E-state index contributed by atoms with van der Waals surface area (Å²) in [5, 5.41) is 0. The quantitative estimate of drug-likeness (QED) is 0.704. The maximum Gasteiger partial charge on any atom is 0.310 e. The van der Waals surface area contributed by atoms with Gasteiger partial charge in [0.15, 0.2) is 0 Å². The third-order valence-electron chi connectivity index (χ3n) is 5.05. The molecule has 0 N–H and O–H groups in total. The summed E-state index contributed by atoms with van der Waals surface area (Å²) in [6, 6.07) is 0. The van der Waals surface area contributed by atoms with E-state index in [0.717, 1.165) is 17.5 Å². The van der Waals surface area contributed by atoms with Crippen molar-refractivity contribution in [3.8, 4) is 0 Å². The van der Waals surface area contributed by atoms with Gasteiger partial charge in [-0.3, -0.25) is 14.6 Å². The lowest BCUT2D eigenvalue weighted by molar-refractivity contribution is -0.146. The molecule has 1 aromatic heterocycles. The van der Waals surface area contributed by atoms with E-state index in [1.54, 1.807) is 17.3 Å². The monoisotopic (exact) mass is 381 g/mol. The molecular formula is C17H23N3O5S. The number of pyridine rings is 1. The molecule has 3 heterocycles. The summed E-state index contributed by atoms with van der Waals surface area (Å²) in [5.41, 5.74) is 2.11. The smallest absolute Gasteiger partial charge is 0.310 e. The van der Waals surface area contributed by atoms with Crippen molar-refractivity contribution in [1.82, 2.24) is 14.2 Å². The van der Waals surface area contributed by atoms with Crippen LogP contribution in [0.2, 0.25) is 0 Å². The Morgan fingerprint density at radius 3 is 2.73 bits per heavy atom. The van der Waals surface area contributed by atoms with Gasteiger partial charge in [0.2, 0.25) is 10.0 Å². The molecule has 0 saturated carbocycles. The van der Waals surface area contributed by atoms with Crippen LogP contribution in [0.25, 0.3) is 0 Å². The molecular weight excluding hydrogens is 358 g/mol. The Bertz CT molecular complexity index is 824. The summed E-state index contributed by atoms with van der Waals surface area (Å²) >= 11 is 0. The van der Waals surface area contributed by atoms with Crippen LogP contribution < -0.4 is 0 Å². The van der Waals surface area contributed by atoms with Crippen LogP contribution in [0.1, 0.15) is 34.3 Å². The van der Waals surface area contributed by atoms with Crippen LogP contribution in [0.4, 0.5) is 0 Å². The number of methoxy groups -OCH3 is 1. The van der Waals surface area contributed by atoms with E-state index >= 15 is 0 Å². The number of rotatable bonds is 3. The summed E-state index contributed by atoms with van der Waals surface area (Å²) in [6.45, 7) is 1.50. The number of ether oxygens (including phenoxy) is 1. The molecule has 0 spiro atoms. The number of carbonyl (C=O) groups is 2. The number of amides is 1. The molecule has 3 rings (SSSR count). The van der Waals surface area contributed by atoms with Gasteiger partial charge in [0.25, 0.3) is 5.91 Å². The second-order valence-corrected chi connectivity index (χ2v) is 8.77. The average molecular weight is 381 g/mol. The topological polar surface area (TPSA) is 96.9 Å². The number of nitrogens with zero attached hydrogens (tertiary/aromatic N) is 3. The Morgan fingerprint density at radius 1 is 1.27 bits per heavy atom. The van der Waals surface area contributed by atoms with Crippen molar-refractivity contribution >= 4 is 21.9 Å². The molecule has 1 aromatic rings. The van der Waals surface area contributed by atoms with Gasteiger partial charge in [-0.25, -0.2) is 8.42 Å². The molecule has 1 unspecified atom stereocenters. The highest BCUT2D eigenvalue weighted by molar-refractivity contribution is 7.88. The van der Waals surface area contributed by atoms with Gasteiger partial charge in [-0.15, -0.1) is 0 Å². The summed E-state index contributed by atoms with van der Waals surface area (Å²) < 4.78 is 29.7. The molecule has 0 radical (unpaired) electrons. The lowest BCUT2D eigenvalue weighted by Crippen LogP contribution is -2.43. The van der Waals surface area contributed by atoms with E-state index in [9.17, 15) is 18.0 Å². The van der Waals surface area contributed by atoms with Gasteiger partial charge in [0.05, 0.1) is 24.8 Å². The fourth-order valence-corrected chi connectivity index (χ4v) is 4.42. The van der Waals surface area contributed by atoms with Crippen molar-refractivity contribution in [2.45, 2.75) is 25.8 Å². The van der Waals surface area contributed by atoms with Gasteiger partial charge in [0, 0.05) is 38.6 Å². The average Bonchev–Trinajstić information content (AvgIpc) is 2.65. The van der Waals surface area contributed by atoms with Crippen molar-refractivity contribution in [1.29, 1.82) is 0 Å². The first-order chi connectivity index (χ1) is 12.3. The van der Waals surface area contributed by atoms with Gasteiger partial charge < -0.3 is 9.64 Å². The van der Waals surface area contributed by atoms with E-state index in [-0.39, 0.29) is 24.3 Å². The van der Waals surface area contributed by atoms with Crippen LogP contribution in [0.5, 0.6) is 0 Å². The highest BCUT2D eigenvalue weighted by atomic mass is 32.2. The van der Waals surface area contributed by atoms with E-state index in [2.05, 4.69) is 4.98 Å². The number of fused-ring (bicyclic) bond motifs is 1. The minimum Gasteiger partial charge on any atom is -0.469 e. The fraction of sp³-hybridized carbons (Fsp3) is 0.588. The second-order valence-electron chi connectivity index (χ2n) is 6.78. The summed E-state index contributed by atoms with van der Waals surface area (Å²) in [7, 11) is -1.93. The van der Waals surface area contributed by atoms with Gasteiger partial charge in [0.1, 0.15) is 0 Å². The molecule has 0 bridgehead atoms. The van der Waals surface area contributed by atoms with E-state index in [1.807, 2.05) is 0 Å². The van der Waals surface area contributed by atoms with E-state index in [4.69, 9.17) is 4.74 Å². The molecule has 142 valence electrons. The van der Waals surface area contributed by atoms with Gasteiger partial charge in [-0.2, -0.15) is 4.31 Å². The zero-order chi connectivity index (χ0) is 18.9. The summed E-state index contributed by atoms with van der Waals surface area (Å²) in [4.78, 5) is 30.6. The number of likely N-dealkylation sites (tertiary alicyclic amines) is 1. The number of hydrogen-bond donors (Lipinski definition) is 0. The third kappa shape index (κ3) is 3.73. The Labute approximate surface area is 153 Å². The molecule has 8 nitrogen and oxygen atoms in total. The maximum atomic E-state index is 13.0. The zero-order valence-corrected chi connectivity index (χ0v) is 15.8. The first kappa shape index (κ1) is 18.8. The Kier molecular flexibility index (Phi) is 5.29.